The number of benzene rings is 2. The lowest BCUT2D eigenvalue weighted by molar-refractivity contribution is 0.000791. The van der Waals surface area contributed by atoms with Crippen molar-refractivity contribution in [3.05, 3.63) is 59.7 Å². The van der Waals surface area contributed by atoms with E-state index in [0.29, 0.717) is 5.75 Å². The van der Waals surface area contributed by atoms with Gasteiger partial charge in [0.2, 0.25) is 0 Å². The van der Waals surface area contributed by atoms with E-state index in [4.69, 9.17) is 9.47 Å². The molecule has 2 aromatic carbocycles. The Kier molecular flexibility index (Phi) is 3.86. The lowest BCUT2D eigenvalue weighted by Gasteiger charge is -2.36. The standard InChI is InChI=1S/C18H19NO3/c1-12(2)21-17-15-6-4-5-7-16(15)22-18(20)19(17)14-10-8-13(3)9-11-14/h4-12,17H,1-3H3. The second kappa shape index (κ2) is 5.81. The van der Waals surface area contributed by atoms with E-state index in [9.17, 15) is 4.79 Å². The molecule has 1 unspecified atom stereocenters. The van der Waals surface area contributed by atoms with Gasteiger partial charge in [-0.25, -0.2) is 9.69 Å². The topological polar surface area (TPSA) is 38.8 Å². The Balaban J connectivity index is 2.06. The van der Waals surface area contributed by atoms with E-state index in [1.54, 1.807) is 11.0 Å². The number of ether oxygens (including phenoxy) is 2. The number of anilines is 1. The molecule has 4 nitrogen and oxygen atoms in total. The Morgan fingerprint density at radius 2 is 1.77 bits per heavy atom. The van der Waals surface area contributed by atoms with Crippen LogP contribution in [-0.4, -0.2) is 12.2 Å². The molecule has 1 aliphatic rings. The van der Waals surface area contributed by atoms with E-state index in [-0.39, 0.29) is 6.10 Å². The van der Waals surface area contributed by atoms with Crippen LogP contribution >= 0.6 is 0 Å². The average Bonchev–Trinajstić information content (AvgIpc) is 2.48. The first kappa shape index (κ1) is 14.6. The Hall–Kier alpha value is -2.33. The molecule has 0 fully saturated rings. The highest BCUT2D eigenvalue weighted by Gasteiger charge is 2.36. The second-order valence-corrected chi connectivity index (χ2v) is 5.65. The SMILES string of the molecule is Cc1ccc(N2C(=O)Oc3ccccc3C2OC(C)C)cc1. The molecule has 1 atom stereocenters. The zero-order chi connectivity index (χ0) is 15.7. The first-order valence-electron chi connectivity index (χ1n) is 7.38. The molecule has 0 saturated heterocycles. The molecular formula is C18H19NO3. The summed E-state index contributed by atoms with van der Waals surface area (Å²) >= 11 is 0. The zero-order valence-electron chi connectivity index (χ0n) is 12.9. The second-order valence-electron chi connectivity index (χ2n) is 5.65. The summed E-state index contributed by atoms with van der Waals surface area (Å²) in [4.78, 5) is 14.0. The fraction of sp³-hybridized carbons (Fsp3) is 0.278. The monoisotopic (exact) mass is 297 g/mol. The van der Waals surface area contributed by atoms with Crippen molar-refractivity contribution in [2.75, 3.05) is 4.90 Å². The van der Waals surface area contributed by atoms with Crippen molar-refractivity contribution in [1.29, 1.82) is 0 Å². The molecule has 0 radical (unpaired) electrons. The number of aryl methyl sites for hydroxylation is 1. The van der Waals surface area contributed by atoms with Crippen LogP contribution in [0.15, 0.2) is 48.5 Å². The van der Waals surface area contributed by atoms with Crippen LogP contribution < -0.4 is 9.64 Å². The van der Waals surface area contributed by atoms with Crippen LogP contribution in [0.25, 0.3) is 0 Å². The molecule has 4 heteroatoms. The van der Waals surface area contributed by atoms with Gasteiger partial charge in [-0.2, -0.15) is 0 Å². The predicted molar refractivity (Wildman–Crippen MR) is 85.1 cm³/mol. The van der Waals surface area contributed by atoms with Crippen molar-refractivity contribution in [3.8, 4) is 5.75 Å². The molecule has 1 aliphatic heterocycles. The third kappa shape index (κ3) is 2.70. The van der Waals surface area contributed by atoms with Crippen LogP contribution in [0.2, 0.25) is 0 Å². The number of nitrogens with zero attached hydrogens (tertiary/aromatic N) is 1. The highest BCUT2D eigenvalue weighted by molar-refractivity contribution is 5.91. The number of fused-ring (bicyclic) bond motifs is 1. The minimum Gasteiger partial charge on any atom is -0.409 e. The molecule has 0 bridgehead atoms. The van der Waals surface area contributed by atoms with Gasteiger partial charge in [-0.15, -0.1) is 0 Å². The van der Waals surface area contributed by atoms with Crippen molar-refractivity contribution < 1.29 is 14.3 Å². The lowest BCUT2D eigenvalue weighted by Crippen LogP contribution is -2.43. The van der Waals surface area contributed by atoms with E-state index in [0.717, 1.165) is 16.8 Å². The summed E-state index contributed by atoms with van der Waals surface area (Å²) in [5, 5.41) is 0. The van der Waals surface area contributed by atoms with Crippen molar-refractivity contribution >= 4 is 11.8 Å². The van der Waals surface area contributed by atoms with Gasteiger partial charge in [0.05, 0.1) is 11.8 Å². The number of carbonyl (C=O) groups is 1. The fourth-order valence-electron chi connectivity index (χ4n) is 2.49. The van der Waals surface area contributed by atoms with Gasteiger partial charge in [-0.05, 0) is 39.0 Å². The average molecular weight is 297 g/mol. The number of carbonyl (C=O) groups excluding carboxylic acids is 1. The minimum atomic E-state index is -0.486. The highest BCUT2D eigenvalue weighted by atomic mass is 16.6. The highest BCUT2D eigenvalue weighted by Crippen LogP contribution is 2.39. The molecule has 0 aromatic heterocycles. The number of amides is 1. The lowest BCUT2D eigenvalue weighted by atomic mass is 10.1. The van der Waals surface area contributed by atoms with Gasteiger partial charge in [0, 0.05) is 5.56 Å². The first-order chi connectivity index (χ1) is 10.6. The molecule has 22 heavy (non-hydrogen) atoms. The van der Waals surface area contributed by atoms with E-state index in [2.05, 4.69) is 0 Å². The van der Waals surface area contributed by atoms with E-state index >= 15 is 0 Å². The van der Waals surface area contributed by atoms with Crippen molar-refractivity contribution in [2.45, 2.75) is 33.1 Å². The van der Waals surface area contributed by atoms with Crippen molar-refractivity contribution in [3.63, 3.8) is 0 Å². The quantitative estimate of drug-likeness (QED) is 0.840. The predicted octanol–water partition coefficient (Wildman–Crippen LogP) is 4.44. The third-order valence-electron chi connectivity index (χ3n) is 3.53. The molecular weight excluding hydrogens is 278 g/mol. The van der Waals surface area contributed by atoms with Crippen LogP contribution in [0.1, 0.15) is 31.2 Å². The summed E-state index contributed by atoms with van der Waals surface area (Å²) in [6, 6.07) is 15.2. The number of hydrogen-bond donors (Lipinski definition) is 0. The van der Waals surface area contributed by atoms with Crippen molar-refractivity contribution in [1.82, 2.24) is 0 Å². The van der Waals surface area contributed by atoms with Gasteiger partial charge in [0.15, 0.2) is 6.23 Å². The van der Waals surface area contributed by atoms with Gasteiger partial charge in [-0.1, -0.05) is 35.9 Å². The Morgan fingerprint density at radius 1 is 1.09 bits per heavy atom. The molecule has 0 N–H and O–H groups in total. The van der Waals surface area contributed by atoms with Crippen LogP contribution in [0.3, 0.4) is 0 Å². The summed E-state index contributed by atoms with van der Waals surface area (Å²) in [5.41, 5.74) is 2.75. The van der Waals surface area contributed by atoms with Crippen LogP contribution in [0.4, 0.5) is 10.5 Å². The minimum absolute atomic E-state index is 0.0168. The van der Waals surface area contributed by atoms with Gasteiger partial charge in [0.1, 0.15) is 5.75 Å². The van der Waals surface area contributed by atoms with Gasteiger partial charge < -0.3 is 9.47 Å². The molecule has 1 heterocycles. The van der Waals surface area contributed by atoms with E-state index in [1.807, 2.05) is 63.2 Å². The molecule has 1 amide bonds. The maximum atomic E-state index is 12.5. The molecule has 114 valence electrons. The number of rotatable bonds is 3. The zero-order valence-corrected chi connectivity index (χ0v) is 12.9. The van der Waals surface area contributed by atoms with Crippen LogP contribution in [-0.2, 0) is 4.74 Å². The number of para-hydroxylation sites is 1. The Labute approximate surface area is 130 Å². The molecule has 0 saturated carbocycles. The summed E-state index contributed by atoms with van der Waals surface area (Å²) in [6.07, 6.45) is -0.926. The summed E-state index contributed by atoms with van der Waals surface area (Å²) in [6.45, 7) is 5.92. The Bertz CT molecular complexity index is 679. The summed E-state index contributed by atoms with van der Waals surface area (Å²) in [7, 11) is 0. The van der Waals surface area contributed by atoms with E-state index < -0.39 is 12.3 Å². The summed E-state index contributed by atoms with van der Waals surface area (Å²) < 4.78 is 11.5. The molecule has 0 spiro atoms. The van der Waals surface area contributed by atoms with Crippen LogP contribution in [0, 0.1) is 6.92 Å². The molecule has 0 aliphatic carbocycles. The fourth-order valence-corrected chi connectivity index (χ4v) is 2.49. The largest absolute Gasteiger partial charge is 0.422 e. The normalized spacial score (nSPS) is 17.4. The molecule has 2 aromatic rings. The van der Waals surface area contributed by atoms with Gasteiger partial charge >= 0.3 is 6.09 Å². The van der Waals surface area contributed by atoms with Gasteiger partial charge in [0.25, 0.3) is 0 Å². The van der Waals surface area contributed by atoms with E-state index in [1.165, 1.54) is 0 Å². The number of hydrogen-bond acceptors (Lipinski definition) is 3. The van der Waals surface area contributed by atoms with Gasteiger partial charge in [-0.3, -0.25) is 0 Å². The maximum Gasteiger partial charge on any atom is 0.422 e. The van der Waals surface area contributed by atoms with Crippen LogP contribution in [0.5, 0.6) is 5.75 Å². The maximum absolute atomic E-state index is 12.5. The summed E-state index contributed by atoms with van der Waals surface area (Å²) in [5.74, 6) is 0.557. The first-order valence-corrected chi connectivity index (χ1v) is 7.38. The third-order valence-corrected chi connectivity index (χ3v) is 3.53. The Morgan fingerprint density at radius 3 is 2.45 bits per heavy atom. The van der Waals surface area contributed by atoms with Crippen molar-refractivity contribution in [2.24, 2.45) is 0 Å². The smallest absolute Gasteiger partial charge is 0.409 e. The molecule has 3 rings (SSSR count).